The first kappa shape index (κ1) is 10.2. The molecule has 0 aliphatic heterocycles. The fourth-order valence-corrected chi connectivity index (χ4v) is 1.24. The molecule has 0 saturated heterocycles. The maximum atomic E-state index is 5.52. The lowest BCUT2D eigenvalue weighted by Gasteiger charge is -2.08. The summed E-state index contributed by atoms with van der Waals surface area (Å²) in [6, 6.07) is 0. The first-order valence-corrected chi connectivity index (χ1v) is 5.03. The SMILES string of the molecule is CSc1nc(N)nc(CN(C)C)n1. The van der Waals surface area contributed by atoms with E-state index in [2.05, 4.69) is 15.0 Å². The molecular formula is C7H13N5S. The van der Waals surface area contributed by atoms with E-state index >= 15 is 0 Å². The van der Waals surface area contributed by atoms with E-state index in [1.165, 1.54) is 11.8 Å². The van der Waals surface area contributed by atoms with Gasteiger partial charge in [0.25, 0.3) is 0 Å². The lowest BCUT2D eigenvalue weighted by atomic mass is 10.5. The van der Waals surface area contributed by atoms with E-state index in [0.29, 0.717) is 17.5 Å². The normalized spacial score (nSPS) is 10.8. The third kappa shape index (κ3) is 3.16. The molecule has 0 atom stereocenters. The Hall–Kier alpha value is -0.880. The fraction of sp³-hybridized carbons (Fsp3) is 0.571. The average Bonchev–Trinajstić information content (AvgIpc) is 2.01. The molecule has 6 heteroatoms. The Bertz CT molecular complexity index is 288. The fourth-order valence-electron chi connectivity index (χ4n) is 0.860. The molecule has 2 N–H and O–H groups in total. The summed E-state index contributed by atoms with van der Waals surface area (Å²) in [6.45, 7) is 0.681. The summed E-state index contributed by atoms with van der Waals surface area (Å²) in [5.41, 5.74) is 5.52. The van der Waals surface area contributed by atoms with E-state index in [4.69, 9.17) is 5.73 Å². The van der Waals surface area contributed by atoms with Gasteiger partial charge in [-0.25, -0.2) is 4.98 Å². The zero-order valence-electron chi connectivity index (χ0n) is 7.98. The van der Waals surface area contributed by atoms with Gasteiger partial charge in [0.1, 0.15) is 5.82 Å². The van der Waals surface area contributed by atoms with Crippen molar-refractivity contribution < 1.29 is 0 Å². The minimum absolute atomic E-state index is 0.288. The Morgan fingerprint density at radius 2 is 2.00 bits per heavy atom. The van der Waals surface area contributed by atoms with Crippen LogP contribution in [0, 0.1) is 0 Å². The van der Waals surface area contributed by atoms with Gasteiger partial charge in [-0.1, -0.05) is 11.8 Å². The molecule has 72 valence electrons. The Kier molecular flexibility index (Phi) is 3.44. The first-order valence-electron chi connectivity index (χ1n) is 3.81. The van der Waals surface area contributed by atoms with E-state index < -0.39 is 0 Å². The Morgan fingerprint density at radius 3 is 2.54 bits per heavy atom. The van der Waals surface area contributed by atoms with Gasteiger partial charge in [0.2, 0.25) is 5.95 Å². The maximum Gasteiger partial charge on any atom is 0.224 e. The number of nitrogens with zero attached hydrogens (tertiary/aromatic N) is 4. The monoisotopic (exact) mass is 199 g/mol. The quantitative estimate of drug-likeness (QED) is 0.703. The lowest BCUT2D eigenvalue weighted by molar-refractivity contribution is 0.388. The molecule has 1 rings (SSSR count). The summed E-state index contributed by atoms with van der Waals surface area (Å²) in [4.78, 5) is 14.2. The van der Waals surface area contributed by atoms with Crippen LogP contribution in [0.4, 0.5) is 5.95 Å². The third-order valence-electron chi connectivity index (χ3n) is 1.32. The highest BCUT2D eigenvalue weighted by Crippen LogP contribution is 2.09. The molecule has 5 nitrogen and oxygen atoms in total. The van der Waals surface area contributed by atoms with Crippen molar-refractivity contribution in [3.63, 3.8) is 0 Å². The number of thioether (sulfide) groups is 1. The van der Waals surface area contributed by atoms with Gasteiger partial charge in [-0.3, -0.25) is 0 Å². The molecule has 0 aromatic carbocycles. The zero-order valence-corrected chi connectivity index (χ0v) is 8.80. The largest absolute Gasteiger partial charge is 0.368 e. The van der Waals surface area contributed by atoms with Crippen LogP contribution in [0.2, 0.25) is 0 Å². The molecule has 0 fully saturated rings. The zero-order chi connectivity index (χ0) is 9.84. The van der Waals surface area contributed by atoms with Crippen molar-refractivity contribution in [2.24, 2.45) is 0 Å². The highest BCUT2D eigenvalue weighted by molar-refractivity contribution is 7.98. The first-order chi connectivity index (χ1) is 6.11. The van der Waals surface area contributed by atoms with E-state index in [-0.39, 0.29) is 5.95 Å². The highest BCUT2D eigenvalue weighted by atomic mass is 32.2. The molecule has 0 amide bonds. The predicted octanol–water partition coefficient (Wildman–Crippen LogP) is 0.237. The summed E-state index contributed by atoms with van der Waals surface area (Å²) in [6.07, 6.45) is 1.91. The molecule has 0 aliphatic carbocycles. The average molecular weight is 199 g/mol. The topological polar surface area (TPSA) is 67.9 Å². The Labute approximate surface area is 81.8 Å². The van der Waals surface area contributed by atoms with Crippen LogP contribution in [-0.2, 0) is 6.54 Å². The van der Waals surface area contributed by atoms with Crippen molar-refractivity contribution in [1.29, 1.82) is 0 Å². The number of nitrogen functional groups attached to an aromatic ring is 1. The molecule has 1 aromatic heterocycles. The number of rotatable bonds is 3. The number of nitrogens with two attached hydrogens (primary N) is 1. The van der Waals surface area contributed by atoms with Crippen molar-refractivity contribution in [2.75, 3.05) is 26.1 Å². The summed E-state index contributed by atoms with van der Waals surface area (Å²) in [5, 5.41) is 0.671. The van der Waals surface area contributed by atoms with Gasteiger partial charge in [-0.05, 0) is 20.4 Å². The molecule has 1 heterocycles. The van der Waals surface area contributed by atoms with Crippen LogP contribution < -0.4 is 5.73 Å². The lowest BCUT2D eigenvalue weighted by Crippen LogP contribution is -2.15. The van der Waals surface area contributed by atoms with Crippen molar-refractivity contribution in [3.8, 4) is 0 Å². The van der Waals surface area contributed by atoms with Crippen LogP contribution in [0.3, 0.4) is 0 Å². The third-order valence-corrected chi connectivity index (χ3v) is 1.87. The van der Waals surface area contributed by atoms with Gasteiger partial charge in [-0.15, -0.1) is 0 Å². The molecule has 1 aromatic rings. The van der Waals surface area contributed by atoms with Crippen molar-refractivity contribution >= 4 is 17.7 Å². The van der Waals surface area contributed by atoms with Gasteiger partial charge in [0, 0.05) is 0 Å². The van der Waals surface area contributed by atoms with Crippen molar-refractivity contribution in [3.05, 3.63) is 5.82 Å². The molecular weight excluding hydrogens is 186 g/mol. The van der Waals surface area contributed by atoms with E-state index in [9.17, 15) is 0 Å². The smallest absolute Gasteiger partial charge is 0.224 e. The highest BCUT2D eigenvalue weighted by Gasteiger charge is 2.03. The van der Waals surface area contributed by atoms with Crippen LogP contribution in [0.15, 0.2) is 5.16 Å². The van der Waals surface area contributed by atoms with E-state index in [1.54, 1.807) is 0 Å². The molecule has 0 radical (unpaired) electrons. The second kappa shape index (κ2) is 4.38. The summed E-state index contributed by atoms with van der Waals surface area (Å²) in [5.74, 6) is 0.998. The molecule has 0 bridgehead atoms. The molecule has 13 heavy (non-hydrogen) atoms. The number of hydrogen-bond acceptors (Lipinski definition) is 6. The van der Waals surface area contributed by atoms with Crippen LogP contribution >= 0.6 is 11.8 Å². The van der Waals surface area contributed by atoms with Crippen LogP contribution in [-0.4, -0.2) is 40.2 Å². The predicted molar refractivity (Wildman–Crippen MR) is 53.4 cm³/mol. The van der Waals surface area contributed by atoms with E-state index in [1.807, 2.05) is 25.3 Å². The Morgan fingerprint density at radius 1 is 1.31 bits per heavy atom. The number of aromatic nitrogens is 3. The number of anilines is 1. The molecule has 0 saturated carbocycles. The maximum absolute atomic E-state index is 5.52. The van der Waals surface area contributed by atoms with Gasteiger partial charge in [-0.2, -0.15) is 9.97 Å². The molecule has 0 aliphatic rings. The second-order valence-corrected chi connectivity index (χ2v) is 3.61. The summed E-state index contributed by atoms with van der Waals surface area (Å²) in [7, 11) is 3.91. The number of hydrogen-bond donors (Lipinski definition) is 1. The standard InChI is InChI=1S/C7H13N5S/c1-12(2)4-5-9-6(8)11-7(10-5)13-3/h4H2,1-3H3,(H2,8,9,10,11). The van der Waals surface area contributed by atoms with Gasteiger partial charge in [0.05, 0.1) is 6.54 Å². The molecule has 0 unspecified atom stereocenters. The second-order valence-electron chi connectivity index (χ2n) is 2.83. The summed E-state index contributed by atoms with van der Waals surface area (Å²) < 4.78 is 0. The van der Waals surface area contributed by atoms with Crippen molar-refractivity contribution in [2.45, 2.75) is 11.7 Å². The minimum Gasteiger partial charge on any atom is -0.368 e. The summed E-state index contributed by atoms with van der Waals surface area (Å²) >= 11 is 1.46. The van der Waals surface area contributed by atoms with Gasteiger partial charge in [0.15, 0.2) is 5.16 Å². The molecule has 0 spiro atoms. The van der Waals surface area contributed by atoms with Crippen molar-refractivity contribution in [1.82, 2.24) is 19.9 Å². The van der Waals surface area contributed by atoms with Gasteiger partial charge >= 0.3 is 0 Å². The van der Waals surface area contributed by atoms with Gasteiger partial charge < -0.3 is 10.6 Å². The van der Waals surface area contributed by atoms with E-state index in [0.717, 1.165) is 0 Å². The Balaban J connectivity index is 2.88. The van der Waals surface area contributed by atoms with Crippen LogP contribution in [0.25, 0.3) is 0 Å². The minimum atomic E-state index is 0.288. The van der Waals surface area contributed by atoms with Crippen LogP contribution in [0.5, 0.6) is 0 Å². The van der Waals surface area contributed by atoms with Crippen LogP contribution in [0.1, 0.15) is 5.82 Å².